The highest BCUT2D eigenvalue weighted by Crippen LogP contribution is 2.44. The van der Waals surface area contributed by atoms with Gasteiger partial charge in [-0.05, 0) is 34.1 Å². The molecule has 0 bridgehead atoms. The summed E-state index contributed by atoms with van der Waals surface area (Å²) in [6, 6.07) is -0.0841. The van der Waals surface area contributed by atoms with E-state index >= 15 is 0 Å². The van der Waals surface area contributed by atoms with Crippen molar-refractivity contribution in [2.75, 3.05) is 0 Å². The van der Waals surface area contributed by atoms with E-state index < -0.39 is 11.1 Å². The predicted octanol–water partition coefficient (Wildman–Crippen LogP) is 2.85. The number of carbonyl (C=O) groups is 1. The average molecular weight is 346 g/mol. The zero-order chi connectivity index (χ0) is 17.4. The third kappa shape index (κ3) is 3.47. The van der Waals surface area contributed by atoms with E-state index in [0.29, 0.717) is 6.42 Å². The highest BCUT2D eigenvalue weighted by Gasteiger charge is 2.50. The van der Waals surface area contributed by atoms with Crippen molar-refractivity contribution in [3.8, 4) is 0 Å². The van der Waals surface area contributed by atoms with Gasteiger partial charge >= 0.3 is 5.97 Å². The van der Waals surface area contributed by atoms with Gasteiger partial charge in [0, 0.05) is 36.1 Å². The van der Waals surface area contributed by atoms with Gasteiger partial charge in [-0.15, -0.1) is 11.3 Å². The van der Waals surface area contributed by atoms with Gasteiger partial charge in [0.1, 0.15) is 16.1 Å². The topological polar surface area (TPSA) is 77.0 Å². The molecule has 0 unspecified atom stereocenters. The number of carbonyl (C=O) groups excluding carboxylic acids is 1. The Labute approximate surface area is 145 Å². The smallest absolute Gasteiger partial charge is 0.326 e. The van der Waals surface area contributed by atoms with Crippen molar-refractivity contribution in [3.63, 3.8) is 0 Å². The van der Waals surface area contributed by atoms with E-state index in [-0.39, 0.29) is 17.9 Å². The van der Waals surface area contributed by atoms with Crippen molar-refractivity contribution >= 4 is 17.3 Å². The Kier molecular flexibility index (Phi) is 4.40. The van der Waals surface area contributed by atoms with Crippen LogP contribution in [0.1, 0.15) is 56.8 Å². The molecular weight excluding hydrogens is 324 g/mol. The van der Waals surface area contributed by atoms with Gasteiger partial charge in [-0.3, -0.25) is 20.1 Å². The molecule has 0 saturated carbocycles. The fourth-order valence-corrected chi connectivity index (χ4v) is 3.75. The van der Waals surface area contributed by atoms with Gasteiger partial charge in [-0.2, -0.15) is 0 Å². The number of nitrogens with one attached hydrogen (secondary N) is 1. The molecule has 0 amide bonds. The van der Waals surface area contributed by atoms with Crippen LogP contribution in [0.5, 0.6) is 0 Å². The van der Waals surface area contributed by atoms with E-state index in [1.165, 1.54) is 0 Å². The maximum Gasteiger partial charge on any atom is 0.326 e. The maximum absolute atomic E-state index is 12.7. The van der Waals surface area contributed by atoms with Gasteiger partial charge in [0.05, 0.1) is 11.7 Å². The Hall–Kier alpha value is -1.86. The van der Waals surface area contributed by atoms with E-state index in [0.717, 1.165) is 10.7 Å². The molecule has 1 fully saturated rings. The first-order valence-corrected chi connectivity index (χ1v) is 8.83. The van der Waals surface area contributed by atoms with Crippen LogP contribution in [0.4, 0.5) is 0 Å². The monoisotopic (exact) mass is 346 g/mol. The molecule has 0 aromatic carbocycles. The minimum Gasteiger partial charge on any atom is -0.459 e. The number of ether oxygens (including phenoxy) is 1. The number of hydrogen-bond donors (Lipinski definition) is 1. The zero-order valence-electron chi connectivity index (χ0n) is 14.3. The van der Waals surface area contributed by atoms with E-state index in [4.69, 9.17) is 4.74 Å². The fraction of sp³-hybridized carbons (Fsp3) is 0.529. The molecule has 0 aliphatic carbocycles. The summed E-state index contributed by atoms with van der Waals surface area (Å²) < 4.78 is 5.62. The predicted molar refractivity (Wildman–Crippen MR) is 91.6 cm³/mol. The van der Waals surface area contributed by atoms with Crippen LogP contribution in [0.15, 0.2) is 30.2 Å². The Balaban J connectivity index is 1.92. The third-order valence-corrected chi connectivity index (χ3v) is 4.89. The van der Waals surface area contributed by atoms with Crippen molar-refractivity contribution in [2.45, 2.75) is 57.2 Å². The molecule has 24 heavy (non-hydrogen) atoms. The van der Waals surface area contributed by atoms with Crippen LogP contribution in [0.3, 0.4) is 0 Å². The summed E-state index contributed by atoms with van der Waals surface area (Å²) in [7, 11) is 0. The van der Waals surface area contributed by atoms with E-state index in [1.807, 2.05) is 33.1 Å². The molecule has 1 saturated heterocycles. The molecule has 0 spiro atoms. The van der Waals surface area contributed by atoms with Gasteiger partial charge < -0.3 is 4.74 Å². The van der Waals surface area contributed by atoms with Crippen molar-refractivity contribution < 1.29 is 9.53 Å². The number of hydrogen-bond acceptors (Lipinski definition) is 7. The summed E-state index contributed by atoms with van der Waals surface area (Å²) in [5, 5.41) is 6.33. The molecular formula is C17H22N4O2S. The number of thiazole rings is 1. The van der Waals surface area contributed by atoms with Crippen molar-refractivity contribution in [3.05, 3.63) is 40.9 Å². The minimum absolute atomic E-state index is 0.0161. The molecule has 1 N–H and O–H groups in total. The second-order valence-electron chi connectivity index (χ2n) is 7.27. The van der Waals surface area contributed by atoms with Crippen LogP contribution < -0.4 is 5.32 Å². The fourth-order valence-electron chi connectivity index (χ4n) is 2.99. The Morgan fingerprint density at radius 3 is 2.71 bits per heavy atom. The number of rotatable bonds is 3. The van der Waals surface area contributed by atoms with Crippen LogP contribution in [0, 0.1) is 0 Å². The third-order valence-electron chi connectivity index (χ3n) is 4.03. The Morgan fingerprint density at radius 1 is 1.33 bits per heavy atom. The molecule has 2 aromatic heterocycles. The SMILES string of the molecule is CC(C)(C)OC(=O)[C@]1(C)C[C@H](c2cnccn2)[C@H](c2nccs2)N1. The summed E-state index contributed by atoms with van der Waals surface area (Å²) in [6.07, 6.45) is 7.45. The lowest BCUT2D eigenvalue weighted by atomic mass is 9.90. The second-order valence-corrected chi connectivity index (χ2v) is 8.19. The van der Waals surface area contributed by atoms with Gasteiger partial charge in [-0.25, -0.2) is 4.98 Å². The first-order chi connectivity index (χ1) is 11.3. The summed E-state index contributed by atoms with van der Waals surface area (Å²) in [5.74, 6) is -0.231. The number of esters is 1. The minimum atomic E-state index is -0.786. The summed E-state index contributed by atoms with van der Waals surface area (Å²) in [4.78, 5) is 25.8. The molecule has 128 valence electrons. The lowest BCUT2D eigenvalue weighted by Crippen LogP contribution is -2.48. The molecule has 2 aromatic rings. The van der Waals surface area contributed by atoms with Gasteiger partial charge in [0.15, 0.2) is 0 Å². The van der Waals surface area contributed by atoms with Crippen LogP contribution in [0.2, 0.25) is 0 Å². The van der Waals surface area contributed by atoms with Crippen molar-refractivity contribution in [1.82, 2.24) is 20.3 Å². The van der Waals surface area contributed by atoms with Gasteiger partial charge in [-0.1, -0.05) is 0 Å². The normalized spacial score (nSPS) is 27.2. The van der Waals surface area contributed by atoms with Gasteiger partial charge in [0.25, 0.3) is 0 Å². The van der Waals surface area contributed by atoms with Gasteiger partial charge in [0.2, 0.25) is 0 Å². The average Bonchev–Trinajstić information content (AvgIpc) is 3.14. The molecule has 6 nitrogen and oxygen atoms in total. The van der Waals surface area contributed by atoms with Crippen LogP contribution in [0.25, 0.3) is 0 Å². The quantitative estimate of drug-likeness (QED) is 0.861. The van der Waals surface area contributed by atoms with Crippen molar-refractivity contribution in [2.24, 2.45) is 0 Å². The summed E-state index contributed by atoms with van der Waals surface area (Å²) in [6.45, 7) is 7.52. The standard InChI is InChI=1S/C17H22N4O2S/c1-16(2,3)23-15(22)17(4)9-11(12-10-18-5-6-19-12)13(21-17)14-20-7-8-24-14/h5-8,10-11,13,21H,9H2,1-4H3/t11-,13-,17+/m1/s1. The largest absolute Gasteiger partial charge is 0.459 e. The number of aromatic nitrogens is 3. The first-order valence-electron chi connectivity index (χ1n) is 7.95. The molecule has 0 radical (unpaired) electrons. The maximum atomic E-state index is 12.7. The van der Waals surface area contributed by atoms with E-state index in [9.17, 15) is 4.79 Å². The Morgan fingerprint density at radius 2 is 2.12 bits per heavy atom. The second kappa shape index (κ2) is 6.22. The molecule has 3 rings (SSSR count). The molecule has 7 heteroatoms. The zero-order valence-corrected chi connectivity index (χ0v) is 15.1. The Bertz CT molecular complexity index is 699. The summed E-state index contributed by atoms with van der Waals surface area (Å²) in [5.41, 5.74) is -0.452. The molecule has 1 aliphatic heterocycles. The van der Waals surface area contributed by atoms with Crippen LogP contribution in [-0.4, -0.2) is 32.1 Å². The number of nitrogens with zero attached hydrogens (tertiary/aromatic N) is 3. The van der Waals surface area contributed by atoms with Crippen LogP contribution >= 0.6 is 11.3 Å². The van der Waals surface area contributed by atoms with E-state index in [1.54, 1.807) is 36.1 Å². The summed E-state index contributed by atoms with van der Waals surface area (Å²) >= 11 is 1.57. The molecule has 1 aliphatic rings. The highest BCUT2D eigenvalue weighted by atomic mass is 32.1. The van der Waals surface area contributed by atoms with Crippen LogP contribution in [-0.2, 0) is 9.53 Å². The molecule has 3 atom stereocenters. The lowest BCUT2D eigenvalue weighted by Gasteiger charge is -2.28. The van der Waals surface area contributed by atoms with E-state index in [2.05, 4.69) is 20.3 Å². The van der Waals surface area contributed by atoms with Crippen molar-refractivity contribution in [1.29, 1.82) is 0 Å². The lowest BCUT2D eigenvalue weighted by molar-refractivity contribution is -0.162. The highest BCUT2D eigenvalue weighted by molar-refractivity contribution is 7.09. The first kappa shape index (κ1) is 17.0. The molecule has 3 heterocycles.